The summed E-state index contributed by atoms with van der Waals surface area (Å²) >= 11 is 6.02. The zero-order chi connectivity index (χ0) is 14.7. The Kier molecular flexibility index (Phi) is 3.73. The van der Waals surface area contributed by atoms with Crippen molar-refractivity contribution in [3.05, 3.63) is 46.6 Å². The largest absolute Gasteiger partial charge is 0.478 e. The van der Waals surface area contributed by atoms with Crippen LogP contribution in [0, 0.1) is 11.3 Å². The fraction of sp³-hybridized carbons (Fsp3) is 0. The average molecular weight is 289 g/mol. The highest BCUT2D eigenvalue weighted by Gasteiger charge is 2.09. The highest BCUT2D eigenvalue weighted by molar-refractivity contribution is 6.33. The lowest BCUT2D eigenvalue weighted by Gasteiger charge is -2.10. The number of carboxylic acid groups (broad SMARTS) is 1. The van der Waals surface area contributed by atoms with Crippen LogP contribution in [0.15, 0.2) is 30.5 Å². The van der Waals surface area contributed by atoms with E-state index >= 15 is 0 Å². The van der Waals surface area contributed by atoms with E-state index in [2.05, 4.69) is 10.3 Å². The first kappa shape index (κ1) is 13.6. The van der Waals surface area contributed by atoms with Crippen molar-refractivity contribution in [1.82, 2.24) is 4.98 Å². The number of hydrogen-bond acceptors (Lipinski definition) is 5. The molecule has 1 heterocycles. The number of anilines is 3. The fourth-order valence-corrected chi connectivity index (χ4v) is 1.74. The molecule has 100 valence electrons. The number of pyridine rings is 1. The minimum Gasteiger partial charge on any atom is -0.478 e. The zero-order valence-corrected chi connectivity index (χ0v) is 10.8. The molecular weight excluding hydrogens is 280 g/mol. The molecule has 7 heteroatoms. The van der Waals surface area contributed by atoms with Crippen LogP contribution >= 0.6 is 11.6 Å². The van der Waals surface area contributed by atoms with Crippen LogP contribution in [0.3, 0.4) is 0 Å². The molecule has 20 heavy (non-hydrogen) atoms. The molecule has 2 aromatic rings. The predicted octanol–water partition coefficient (Wildman–Crippen LogP) is 2.63. The summed E-state index contributed by atoms with van der Waals surface area (Å²) in [7, 11) is 0. The van der Waals surface area contributed by atoms with E-state index in [1.807, 2.05) is 6.07 Å². The van der Waals surface area contributed by atoms with E-state index in [0.717, 1.165) is 0 Å². The van der Waals surface area contributed by atoms with E-state index in [9.17, 15) is 4.79 Å². The number of halogens is 1. The molecule has 0 aliphatic rings. The number of aromatic carboxylic acids is 1. The van der Waals surface area contributed by atoms with Crippen molar-refractivity contribution in [3.63, 3.8) is 0 Å². The van der Waals surface area contributed by atoms with Crippen molar-refractivity contribution in [2.24, 2.45) is 0 Å². The maximum atomic E-state index is 10.8. The molecule has 6 nitrogen and oxygen atoms in total. The molecule has 0 fully saturated rings. The Morgan fingerprint density at radius 2 is 2.20 bits per heavy atom. The van der Waals surface area contributed by atoms with Gasteiger partial charge in [-0.15, -0.1) is 0 Å². The number of nitrogens with two attached hydrogens (primary N) is 1. The minimum atomic E-state index is -1.10. The molecule has 0 amide bonds. The molecule has 0 saturated carbocycles. The van der Waals surface area contributed by atoms with Crippen LogP contribution in [0.5, 0.6) is 0 Å². The summed E-state index contributed by atoms with van der Waals surface area (Å²) in [5.74, 6) is -0.811. The molecule has 1 aromatic heterocycles. The number of carboxylic acids is 1. The second-order valence-corrected chi connectivity index (χ2v) is 4.31. The van der Waals surface area contributed by atoms with E-state index < -0.39 is 5.97 Å². The molecule has 0 aliphatic carbocycles. The highest BCUT2D eigenvalue weighted by atomic mass is 35.5. The Labute approximate surface area is 119 Å². The van der Waals surface area contributed by atoms with Crippen molar-refractivity contribution >= 4 is 34.8 Å². The Bertz CT molecular complexity index is 725. The topological polar surface area (TPSA) is 112 Å². The third kappa shape index (κ3) is 2.79. The van der Waals surface area contributed by atoms with Crippen LogP contribution in [0.2, 0.25) is 5.02 Å². The van der Waals surface area contributed by atoms with Gasteiger partial charge >= 0.3 is 5.97 Å². The molecular formula is C13H9ClN4O2. The Morgan fingerprint density at radius 1 is 1.45 bits per heavy atom. The summed E-state index contributed by atoms with van der Waals surface area (Å²) in [5.41, 5.74) is 6.87. The number of rotatable bonds is 3. The van der Waals surface area contributed by atoms with Gasteiger partial charge in [0.2, 0.25) is 0 Å². The normalized spacial score (nSPS) is 9.80. The van der Waals surface area contributed by atoms with Gasteiger partial charge in [-0.1, -0.05) is 11.6 Å². The average Bonchev–Trinajstić information content (AvgIpc) is 2.42. The van der Waals surface area contributed by atoms with Gasteiger partial charge in [-0.2, -0.15) is 5.26 Å². The number of nitrogens with zero attached hydrogens (tertiary/aromatic N) is 2. The number of aromatic nitrogens is 1. The number of hydrogen-bond donors (Lipinski definition) is 3. The maximum Gasteiger partial charge on any atom is 0.337 e. The van der Waals surface area contributed by atoms with Crippen LogP contribution < -0.4 is 11.1 Å². The van der Waals surface area contributed by atoms with Crippen molar-refractivity contribution in [1.29, 1.82) is 5.26 Å². The van der Waals surface area contributed by atoms with Crippen molar-refractivity contribution in [2.45, 2.75) is 0 Å². The third-order valence-corrected chi connectivity index (χ3v) is 2.83. The summed E-state index contributed by atoms with van der Waals surface area (Å²) in [6, 6.07) is 7.99. The second-order valence-electron chi connectivity index (χ2n) is 3.90. The Morgan fingerprint density at radius 3 is 2.75 bits per heavy atom. The summed E-state index contributed by atoms with van der Waals surface area (Å²) < 4.78 is 0. The molecule has 0 unspecified atom stereocenters. The van der Waals surface area contributed by atoms with Crippen LogP contribution in [0.1, 0.15) is 15.9 Å². The predicted molar refractivity (Wildman–Crippen MR) is 75.1 cm³/mol. The standard InChI is InChI=1S/C13H9ClN4O2/c14-9-3-7(5-15)1-2-11(9)18-12-10(16)4-8(6-17-12)13(19)20/h1-4,6H,16H2,(H,17,18)(H,19,20). The summed E-state index contributed by atoms with van der Waals surface area (Å²) in [6.07, 6.45) is 1.19. The van der Waals surface area contributed by atoms with Crippen LogP contribution in [0.25, 0.3) is 0 Å². The van der Waals surface area contributed by atoms with Gasteiger partial charge in [0, 0.05) is 6.20 Å². The molecule has 4 N–H and O–H groups in total. The third-order valence-electron chi connectivity index (χ3n) is 2.52. The van der Waals surface area contributed by atoms with Gasteiger partial charge in [0.1, 0.15) is 0 Å². The van der Waals surface area contributed by atoms with E-state index in [0.29, 0.717) is 22.1 Å². The second kappa shape index (κ2) is 5.47. The SMILES string of the molecule is N#Cc1ccc(Nc2ncc(C(=O)O)cc2N)c(Cl)c1. The fourth-order valence-electron chi connectivity index (χ4n) is 1.52. The lowest BCUT2D eigenvalue weighted by atomic mass is 10.2. The minimum absolute atomic E-state index is 0.000949. The van der Waals surface area contributed by atoms with Gasteiger partial charge in [-0.25, -0.2) is 9.78 Å². The molecule has 0 bridgehead atoms. The lowest BCUT2D eigenvalue weighted by molar-refractivity contribution is 0.0696. The molecule has 1 aromatic carbocycles. The van der Waals surface area contributed by atoms with Crippen molar-refractivity contribution in [3.8, 4) is 6.07 Å². The summed E-state index contributed by atoms with van der Waals surface area (Å²) in [4.78, 5) is 14.7. The molecule has 0 saturated heterocycles. The van der Waals surface area contributed by atoms with Crippen molar-refractivity contribution in [2.75, 3.05) is 11.1 Å². The van der Waals surface area contributed by atoms with Gasteiger partial charge in [0.05, 0.1) is 33.6 Å². The van der Waals surface area contributed by atoms with Gasteiger partial charge in [0.15, 0.2) is 5.82 Å². The van der Waals surface area contributed by atoms with Crippen LogP contribution in [-0.2, 0) is 0 Å². The smallest absolute Gasteiger partial charge is 0.337 e. The molecule has 0 atom stereocenters. The van der Waals surface area contributed by atoms with E-state index in [1.165, 1.54) is 18.3 Å². The molecule has 0 radical (unpaired) electrons. The number of nitriles is 1. The zero-order valence-electron chi connectivity index (χ0n) is 10.1. The summed E-state index contributed by atoms with van der Waals surface area (Å²) in [5, 5.41) is 20.8. The van der Waals surface area contributed by atoms with E-state index in [1.54, 1.807) is 12.1 Å². The van der Waals surface area contributed by atoms with Gasteiger partial charge < -0.3 is 16.2 Å². The molecule has 2 rings (SSSR count). The number of benzene rings is 1. The Hall–Kier alpha value is -2.78. The number of carbonyl (C=O) groups is 1. The van der Waals surface area contributed by atoms with Gasteiger partial charge in [0.25, 0.3) is 0 Å². The molecule has 0 aliphatic heterocycles. The number of nitrogens with one attached hydrogen (secondary N) is 1. The number of nitrogen functional groups attached to an aromatic ring is 1. The van der Waals surface area contributed by atoms with Crippen molar-refractivity contribution < 1.29 is 9.90 Å². The van der Waals surface area contributed by atoms with Gasteiger partial charge in [-0.3, -0.25) is 0 Å². The van der Waals surface area contributed by atoms with E-state index in [4.69, 9.17) is 27.7 Å². The first-order chi connectivity index (χ1) is 9.51. The quantitative estimate of drug-likeness (QED) is 0.800. The maximum absolute atomic E-state index is 10.8. The molecule has 0 spiro atoms. The lowest BCUT2D eigenvalue weighted by Crippen LogP contribution is -2.04. The van der Waals surface area contributed by atoms with E-state index in [-0.39, 0.29) is 11.3 Å². The highest BCUT2D eigenvalue weighted by Crippen LogP contribution is 2.28. The first-order valence-electron chi connectivity index (χ1n) is 5.46. The van der Waals surface area contributed by atoms with Gasteiger partial charge in [-0.05, 0) is 24.3 Å². The monoisotopic (exact) mass is 288 g/mol. The Balaban J connectivity index is 2.31. The van der Waals surface area contributed by atoms with Crippen LogP contribution in [-0.4, -0.2) is 16.1 Å². The van der Waals surface area contributed by atoms with Crippen LogP contribution in [0.4, 0.5) is 17.2 Å². The first-order valence-corrected chi connectivity index (χ1v) is 5.84. The summed E-state index contributed by atoms with van der Waals surface area (Å²) in [6.45, 7) is 0.